The lowest BCUT2D eigenvalue weighted by Crippen LogP contribution is -2.33. The molecule has 5 nitrogen and oxygen atoms in total. The normalized spacial score (nSPS) is 17.5. The molecule has 0 bridgehead atoms. The molecule has 1 aliphatic rings. The summed E-state index contributed by atoms with van der Waals surface area (Å²) in [6.45, 7) is 5.11. The molecule has 0 aromatic heterocycles. The predicted octanol–water partition coefficient (Wildman–Crippen LogP) is 3.88. The van der Waals surface area contributed by atoms with E-state index < -0.39 is 0 Å². The average Bonchev–Trinajstić information content (AvgIpc) is 3.13. The minimum Gasteiger partial charge on any atom is -0.496 e. The van der Waals surface area contributed by atoms with E-state index in [-0.39, 0.29) is 24.2 Å². The van der Waals surface area contributed by atoms with Crippen LogP contribution in [0.5, 0.6) is 5.75 Å². The van der Waals surface area contributed by atoms with Crippen LogP contribution in [0.3, 0.4) is 0 Å². The van der Waals surface area contributed by atoms with Crippen LogP contribution in [0.25, 0.3) is 0 Å². The van der Waals surface area contributed by atoms with Crippen LogP contribution >= 0.6 is 0 Å². The Kier molecular flexibility index (Phi) is 6.34. The van der Waals surface area contributed by atoms with Gasteiger partial charge in [0.1, 0.15) is 5.75 Å². The number of ether oxygens (including phenoxy) is 1. The molecular formula is C23H28N2O3. The van der Waals surface area contributed by atoms with Crippen LogP contribution in [-0.4, -0.2) is 25.5 Å². The largest absolute Gasteiger partial charge is 0.496 e. The number of anilines is 1. The second-order valence-corrected chi connectivity index (χ2v) is 7.30. The molecule has 2 amide bonds. The molecule has 28 heavy (non-hydrogen) atoms. The summed E-state index contributed by atoms with van der Waals surface area (Å²) in [6.07, 6.45) is 1.24. The van der Waals surface area contributed by atoms with Crippen LogP contribution < -0.4 is 15.0 Å². The molecule has 0 radical (unpaired) electrons. The van der Waals surface area contributed by atoms with Crippen LogP contribution in [0.1, 0.15) is 43.7 Å². The van der Waals surface area contributed by atoms with Crippen molar-refractivity contribution in [2.75, 3.05) is 18.6 Å². The zero-order chi connectivity index (χ0) is 20.1. The number of amides is 2. The van der Waals surface area contributed by atoms with Gasteiger partial charge in [-0.05, 0) is 30.0 Å². The summed E-state index contributed by atoms with van der Waals surface area (Å²) >= 11 is 0. The van der Waals surface area contributed by atoms with E-state index in [9.17, 15) is 9.59 Å². The first-order valence-corrected chi connectivity index (χ1v) is 9.84. The van der Waals surface area contributed by atoms with Crippen molar-refractivity contribution in [2.24, 2.45) is 5.92 Å². The van der Waals surface area contributed by atoms with E-state index in [0.717, 1.165) is 29.0 Å². The first kappa shape index (κ1) is 19.9. The summed E-state index contributed by atoms with van der Waals surface area (Å²) in [6, 6.07) is 15.6. The van der Waals surface area contributed by atoms with Crippen molar-refractivity contribution < 1.29 is 14.3 Å². The van der Waals surface area contributed by atoms with Gasteiger partial charge >= 0.3 is 0 Å². The number of benzene rings is 2. The van der Waals surface area contributed by atoms with Gasteiger partial charge in [-0.2, -0.15) is 0 Å². The number of carbonyl (C=O) groups excluding carboxylic acids is 2. The maximum absolute atomic E-state index is 12.7. The van der Waals surface area contributed by atoms with Gasteiger partial charge in [0.2, 0.25) is 11.8 Å². The highest BCUT2D eigenvalue weighted by Gasteiger charge is 2.36. The van der Waals surface area contributed by atoms with E-state index >= 15 is 0 Å². The summed E-state index contributed by atoms with van der Waals surface area (Å²) in [4.78, 5) is 27.1. The maximum Gasteiger partial charge on any atom is 0.227 e. The first-order valence-electron chi connectivity index (χ1n) is 9.84. The highest BCUT2D eigenvalue weighted by molar-refractivity contribution is 6.00. The molecule has 1 saturated heterocycles. The van der Waals surface area contributed by atoms with Crippen molar-refractivity contribution in [3.05, 3.63) is 59.7 Å². The number of rotatable bonds is 7. The van der Waals surface area contributed by atoms with Gasteiger partial charge in [0.15, 0.2) is 0 Å². The van der Waals surface area contributed by atoms with E-state index in [1.165, 1.54) is 0 Å². The summed E-state index contributed by atoms with van der Waals surface area (Å²) in [5.74, 6) is 0.681. The number of para-hydroxylation sites is 2. The van der Waals surface area contributed by atoms with Gasteiger partial charge in [-0.25, -0.2) is 0 Å². The Morgan fingerprint density at radius 2 is 1.93 bits per heavy atom. The quantitative estimate of drug-likeness (QED) is 0.793. The van der Waals surface area contributed by atoms with Gasteiger partial charge in [-0.1, -0.05) is 50.2 Å². The predicted molar refractivity (Wildman–Crippen MR) is 110 cm³/mol. The molecule has 5 heteroatoms. The molecule has 1 fully saturated rings. The van der Waals surface area contributed by atoms with E-state index in [1.807, 2.05) is 42.5 Å². The summed E-state index contributed by atoms with van der Waals surface area (Å²) in [5, 5.41) is 2.96. The summed E-state index contributed by atoms with van der Waals surface area (Å²) < 4.78 is 5.33. The number of hydrogen-bond donors (Lipinski definition) is 1. The van der Waals surface area contributed by atoms with Crippen LogP contribution in [0.4, 0.5) is 5.69 Å². The van der Waals surface area contributed by atoms with E-state index in [4.69, 9.17) is 4.74 Å². The Morgan fingerprint density at radius 3 is 2.68 bits per heavy atom. The molecule has 1 aliphatic heterocycles. The lowest BCUT2D eigenvalue weighted by atomic mass is 9.96. The van der Waals surface area contributed by atoms with Gasteiger partial charge < -0.3 is 15.0 Å². The third-order valence-electron chi connectivity index (χ3n) is 5.51. The lowest BCUT2D eigenvalue weighted by Gasteiger charge is -2.23. The maximum atomic E-state index is 12.7. The molecule has 0 unspecified atom stereocenters. The number of carbonyl (C=O) groups is 2. The zero-order valence-corrected chi connectivity index (χ0v) is 16.8. The molecule has 2 aromatic carbocycles. The minimum atomic E-state index is -0.341. The van der Waals surface area contributed by atoms with Gasteiger partial charge in [0.05, 0.1) is 13.0 Å². The second kappa shape index (κ2) is 8.91. The van der Waals surface area contributed by atoms with Crippen LogP contribution in [-0.2, 0) is 16.1 Å². The smallest absolute Gasteiger partial charge is 0.227 e. The van der Waals surface area contributed by atoms with E-state index in [0.29, 0.717) is 19.0 Å². The summed E-state index contributed by atoms with van der Waals surface area (Å²) in [7, 11) is 1.61. The van der Waals surface area contributed by atoms with Gasteiger partial charge in [-0.3, -0.25) is 9.59 Å². The highest BCUT2D eigenvalue weighted by Crippen LogP contribution is 2.33. The summed E-state index contributed by atoms with van der Waals surface area (Å²) in [5.41, 5.74) is 3.01. The van der Waals surface area contributed by atoms with E-state index in [2.05, 4.69) is 25.2 Å². The van der Waals surface area contributed by atoms with Crippen molar-refractivity contribution in [1.29, 1.82) is 0 Å². The molecule has 148 valence electrons. The lowest BCUT2D eigenvalue weighted by molar-refractivity contribution is -0.126. The van der Waals surface area contributed by atoms with Crippen molar-refractivity contribution in [3.8, 4) is 5.75 Å². The number of methoxy groups -OCH3 is 1. The van der Waals surface area contributed by atoms with Crippen molar-refractivity contribution in [1.82, 2.24) is 5.32 Å². The number of nitrogens with zero attached hydrogens (tertiary/aromatic N) is 1. The molecule has 2 atom stereocenters. The van der Waals surface area contributed by atoms with Crippen LogP contribution in [0.15, 0.2) is 48.5 Å². The Labute approximate surface area is 166 Å². The zero-order valence-electron chi connectivity index (χ0n) is 16.8. The SMILES string of the molecule is CC[C@@H](C)c1ccccc1N1C[C@@H](C(=O)NCc2ccccc2OC)CC1=O. The fourth-order valence-corrected chi connectivity index (χ4v) is 3.66. The topological polar surface area (TPSA) is 58.6 Å². The molecule has 0 saturated carbocycles. The van der Waals surface area contributed by atoms with Crippen molar-refractivity contribution in [3.63, 3.8) is 0 Å². The molecule has 1 heterocycles. The second-order valence-electron chi connectivity index (χ2n) is 7.30. The molecule has 0 spiro atoms. The molecule has 0 aliphatic carbocycles. The van der Waals surface area contributed by atoms with Gasteiger partial charge in [0, 0.05) is 30.8 Å². The van der Waals surface area contributed by atoms with E-state index in [1.54, 1.807) is 12.0 Å². The van der Waals surface area contributed by atoms with Gasteiger partial charge in [-0.15, -0.1) is 0 Å². The molecule has 3 rings (SSSR count). The average molecular weight is 380 g/mol. The Hall–Kier alpha value is -2.82. The Bertz CT molecular complexity index is 849. The third kappa shape index (κ3) is 4.19. The molecule has 2 aromatic rings. The van der Waals surface area contributed by atoms with Crippen LogP contribution in [0.2, 0.25) is 0 Å². The van der Waals surface area contributed by atoms with Crippen LogP contribution in [0, 0.1) is 5.92 Å². The molecular weight excluding hydrogens is 352 g/mol. The fraction of sp³-hybridized carbons (Fsp3) is 0.391. The van der Waals surface area contributed by atoms with Gasteiger partial charge in [0.25, 0.3) is 0 Å². The molecule has 1 N–H and O–H groups in total. The minimum absolute atomic E-state index is 0.00759. The third-order valence-corrected chi connectivity index (χ3v) is 5.51. The van der Waals surface area contributed by atoms with Crippen molar-refractivity contribution in [2.45, 2.75) is 39.2 Å². The number of nitrogens with one attached hydrogen (secondary N) is 1. The standard InChI is InChI=1S/C23H28N2O3/c1-4-16(2)19-10-6-7-11-20(19)25-15-18(13-22(25)26)23(27)24-14-17-9-5-8-12-21(17)28-3/h5-12,16,18H,4,13-15H2,1-3H3,(H,24,27)/t16-,18+/m1/s1. The first-order chi connectivity index (χ1) is 13.5. The fourth-order valence-electron chi connectivity index (χ4n) is 3.66. The monoisotopic (exact) mass is 380 g/mol. The number of hydrogen-bond acceptors (Lipinski definition) is 3. The highest BCUT2D eigenvalue weighted by atomic mass is 16.5. The van der Waals surface area contributed by atoms with Crippen molar-refractivity contribution >= 4 is 17.5 Å². The Balaban J connectivity index is 1.68. The Morgan fingerprint density at radius 1 is 1.21 bits per heavy atom.